The Bertz CT molecular complexity index is 614. The lowest BCUT2D eigenvalue weighted by atomic mass is 10.3. The SMILES string of the molecule is CNc1cc(Nc2ccc(OC)cc2)nc(C(F)(F)F)n1. The van der Waals surface area contributed by atoms with Gasteiger partial charge in [-0.2, -0.15) is 13.2 Å². The molecular formula is C13H13F3N4O. The van der Waals surface area contributed by atoms with Crippen LogP contribution in [0, 0.1) is 0 Å². The van der Waals surface area contributed by atoms with E-state index in [4.69, 9.17) is 4.74 Å². The maximum atomic E-state index is 12.7. The second-order valence-corrected chi connectivity index (χ2v) is 4.06. The van der Waals surface area contributed by atoms with Gasteiger partial charge in [-0.25, -0.2) is 9.97 Å². The number of ether oxygens (including phenoxy) is 1. The highest BCUT2D eigenvalue weighted by Gasteiger charge is 2.35. The largest absolute Gasteiger partial charge is 0.497 e. The molecule has 1 heterocycles. The van der Waals surface area contributed by atoms with E-state index in [9.17, 15) is 13.2 Å². The van der Waals surface area contributed by atoms with Crippen molar-refractivity contribution in [3.63, 3.8) is 0 Å². The van der Waals surface area contributed by atoms with Gasteiger partial charge in [0.15, 0.2) is 0 Å². The van der Waals surface area contributed by atoms with E-state index in [1.807, 2.05) is 0 Å². The van der Waals surface area contributed by atoms with Crippen LogP contribution in [0.15, 0.2) is 30.3 Å². The second-order valence-electron chi connectivity index (χ2n) is 4.06. The quantitative estimate of drug-likeness (QED) is 0.907. The van der Waals surface area contributed by atoms with Crippen molar-refractivity contribution in [2.75, 3.05) is 24.8 Å². The molecule has 0 amide bonds. The molecular weight excluding hydrogens is 285 g/mol. The fraction of sp³-hybridized carbons (Fsp3) is 0.231. The molecule has 0 radical (unpaired) electrons. The normalized spacial score (nSPS) is 11.1. The van der Waals surface area contributed by atoms with Crippen LogP contribution in [0.1, 0.15) is 5.82 Å². The van der Waals surface area contributed by atoms with Gasteiger partial charge in [-0.3, -0.25) is 0 Å². The number of alkyl halides is 3. The highest BCUT2D eigenvalue weighted by atomic mass is 19.4. The summed E-state index contributed by atoms with van der Waals surface area (Å²) in [6.07, 6.45) is -4.61. The van der Waals surface area contributed by atoms with Gasteiger partial charge in [-0.1, -0.05) is 0 Å². The minimum absolute atomic E-state index is 0.0480. The van der Waals surface area contributed by atoms with E-state index in [0.29, 0.717) is 11.4 Å². The van der Waals surface area contributed by atoms with Crippen LogP contribution in [-0.2, 0) is 6.18 Å². The third-order valence-corrected chi connectivity index (χ3v) is 2.60. The predicted octanol–water partition coefficient (Wildman–Crippen LogP) is 3.29. The zero-order valence-electron chi connectivity index (χ0n) is 11.3. The van der Waals surface area contributed by atoms with Crippen molar-refractivity contribution in [1.82, 2.24) is 9.97 Å². The number of nitrogens with zero attached hydrogens (tertiary/aromatic N) is 2. The van der Waals surface area contributed by atoms with Gasteiger partial charge in [-0.15, -0.1) is 0 Å². The number of rotatable bonds is 4. The van der Waals surface area contributed by atoms with E-state index in [1.54, 1.807) is 24.3 Å². The molecule has 2 N–H and O–H groups in total. The summed E-state index contributed by atoms with van der Waals surface area (Å²) in [6, 6.07) is 8.11. The summed E-state index contributed by atoms with van der Waals surface area (Å²) in [5.41, 5.74) is 0.588. The van der Waals surface area contributed by atoms with Gasteiger partial charge < -0.3 is 15.4 Å². The van der Waals surface area contributed by atoms with E-state index in [1.165, 1.54) is 20.2 Å². The average Bonchev–Trinajstić information content (AvgIpc) is 2.46. The first kappa shape index (κ1) is 14.9. The van der Waals surface area contributed by atoms with E-state index >= 15 is 0 Å². The van der Waals surface area contributed by atoms with Crippen LogP contribution in [0.5, 0.6) is 5.75 Å². The van der Waals surface area contributed by atoms with Crippen LogP contribution in [0.25, 0.3) is 0 Å². The van der Waals surface area contributed by atoms with Crippen molar-refractivity contribution in [3.8, 4) is 5.75 Å². The van der Waals surface area contributed by atoms with Crippen LogP contribution >= 0.6 is 0 Å². The van der Waals surface area contributed by atoms with Gasteiger partial charge in [0.2, 0.25) is 5.82 Å². The Balaban J connectivity index is 2.29. The summed E-state index contributed by atoms with van der Waals surface area (Å²) in [6.45, 7) is 0. The topological polar surface area (TPSA) is 59.1 Å². The molecule has 0 fully saturated rings. The predicted molar refractivity (Wildman–Crippen MR) is 72.9 cm³/mol. The van der Waals surface area contributed by atoms with Crippen LogP contribution in [0.2, 0.25) is 0 Å². The van der Waals surface area contributed by atoms with Crippen molar-refractivity contribution in [2.45, 2.75) is 6.18 Å². The second kappa shape index (κ2) is 5.86. The Kier molecular flexibility index (Phi) is 4.15. The van der Waals surface area contributed by atoms with Crippen LogP contribution < -0.4 is 15.4 Å². The summed E-state index contributed by atoms with van der Waals surface area (Å²) >= 11 is 0. The standard InChI is InChI=1S/C13H13F3N4O/c1-17-10-7-11(20-12(19-10)13(14,15)16)18-8-3-5-9(21-2)6-4-8/h3-7H,1-2H3,(H2,17,18,19,20). The Morgan fingerprint density at radius 3 is 2.19 bits per heavy atom. The van der Waals surface area contributed by atoms with E-state index in [0.717, 1.165) is 0 Å². The number of methoxy groups -OCH3 is 1. The minimum Gasteiger partial charge on any atom is -0.497 e. The first-order chi connectivity index (χ1) is 9.92. The van der Waals surface area contributed by atoms with Crippen molar-refractivity contribution >= 4 is 17.3 Å². The number of hydrogen-bond acceptors (Lipinski definition) is 5. The van der Waals surface area contributed by atoms with E-state index in [-0.39, 0.29) is 11.6 Å². The monoisotopic (exact) mass is 298 g/mol. The third kappa shape index (κ3) is 3.74. The van der Waals surface area contributed by atoms with E-state index in [2.05, 4.69) is 20.6 Å². The molecule has 0 saturated carbocycles. The molecule has 1 aromatic heterocycles. The summed E-state index contributed by atoms with van der Waals surface area (Å²) in [4.78, 5) is 6.86. The molecule has 0 saturated heterocycles. The van der Waals surface area contributed by atoms with Gasteiger partial charge in [0, 0.05) is 18.8 Å². The summed E-state index contributed by atoms with van der Waals surface area (Å²) in [7, 11) is 3.02. The fourth-order valence-corrected chi connectivity index (χ4v) is 1.59. The van der Waals surface area contributed by atoms with Gasteiger partial charge in [0.25, 0.3) is 0 Å². The van der Waals surface area contributed by atoms with E-state index < -0.39 is 12.0 Å². The van der Waals surface area contributed by atoms with Gasteiger partial charge in [0.05, 0.1) is 7.11 Å². The molecule has 0 aliphatic rings. The number of benzene rings is 1. The Morgan fingerprint density at radius 1 is 1.05 bits per heavy atom. The number of hydrogen-bond donors (Lipinski definition) is 2. The van der Waals surface area contributed by atoms with Crippen molar-refractivity contribution in [3.05, 3.63) is 36.2 Å². The minimum atomic E-state index is -4.61. The molecule has 2 aromatic rings. The maximum Gasteiger partial charge on any atom is 0.451 e. The highest BCUT2D eigenvalue weighted by Crippen LogP contribution is 2.29. The molecule has 112 valence electrons. The smallest absolute Gasteiger partial charge is 0.451 e. The summed E-state index contributed by atoms with van der Waals surface area (Å²) in [5, 5.41) is 5.37. The lowest BCUT2D eigenvalue weighted by Crippen LogP contribution is -2.13. The lowest BCUT2D eigenvalue weighted by Gasteiger charge is -2.11. The molecule has 0 aliphatic heterocycles. The molecule has 0 bridgehead atoms. The van der Waals surface area contributed by atoms with Gasteiger partial charge in [-0.05, 0) is 24.3 Å². The summed E-state index contributed by atoms with van der Waals surface area (Å²) < 4.78 is 43.2. The zero-order chi connectivity index (χ0) is 15.5. The molecule has 2 rings (SSSR count). The molecule has 21 heavy (non-hydrogen) atoms. The van der Waals surface area contributed by atoms with Crippen LogP contribution in [-0.4, -0.2) is 24.1 Å². The maximum absolute atomic E-state index is 12.7. The molecule has 0 unspecified atom stereocenters. The Labute approximate surface area is 119 Å². The number of halogens is 3. The van der Waals surface area contributed by atoms with Crippen molar-refractivity contribution < 1.29 is 17.9 Å². The van der Waals surface area contributed by atoms with Crippen molar-refractivity contribution in [1.29, 1.82) is 0 Å². The Hall–Kier alpha value is -2.51. The molecule has 1 aromatic carbocycles. The number of anilines is 3. The molecule has 0 aliphatic carbocycles. The van der Waals surface area contributed by atoms with Crippen LogP contribution in [0.4, 0.5) is 30.5 Å². The third-order valence-electron chi connectivity index (χ3n) is 2.60. The molecule has 0 spiro atoms. The molecule has 5 nitrogen and oxygen atoms in total. The highest BCUT2D eigenvalue weighted by molar-refractivity contribution is 5.60. The van der Waals surface area contributed by atoms with Crippen molar-refractivity contribution in [2.24, 2.45) is 0 Å². The first-order valence-corrected chi connectivity index (χ1v) is 5.97. The summed E-state index contributed by atoms with van der Waals surface area (Å²) in [5.74, 6) is -0.430. The zero-order valence-corrected chi connectivity index (χ0v) is 11.3. The van der Waals surface area contributed by atoms with Crippen LogP contribution in [0.3, 0.4) is 0 Å². The number of aromatic nitrogens is 2. The average molecular weight is 298 g/mol. The Morgan fingerprint density at radius 2 is 1.67 bits per heavy atom. The van der Waals surface area contributed by atoms with Gasteiger partial charge in [0.1, 0.15) is 17.4 Å². The van der Waals surface area contributed by atoms with Gasteiger partial charge >= 0.3 is 6.18 Å². The fourth-order valence-electron chi connectivity index (χ4n) is 1.59. The molecule has 8 heteroatoms. The lowest BCUT2D eigenvalue weighted by molar-refractivity contribution is -0.144. The molecule has 0 atom stereocenters. The first-order valence-electron chi connectivity index (χ1n) is 5.97. The number of nitrogens with one attached hydrogen (secondary N) is 2.